The maximum absolute atomic E-state index is 12.7. The Kier molecular flexibility index (Phi) is 7.90. The molecular weight excluding hydrogens is 420 g/mol. The van der Waals surface area contributed by atoms with E-state index in [9.17, 15) is 18.0 Å². The van der Waals surface area contributed by atoms with Crippen LogP contribution in [0.25, 0.3) is 0 Å². The Hall–Kier alpha value is -2.17. The molecule has 0 bridgehead atoms. The Morgan fingerprint density at radius 2 is 1.90 bits per heavy atom. The van der Waals surface area contributed by atoms with E-state index in [2.05, 4.69) is 10.0 Å². The number of carbonyl (C=O) groups excluding carboxylic acids is 2. The van der Waals surface area contributed by atoms with Gasteiger partial charge in [0.2, 0.25) is 10.0 Å². The molecule has 31 heavy (non-hydrogen) atoms. The number of hydrogen-bond acceptors (Lipinski definition) is 5. The second kappa shape index (κ2) is 10.4. The van der Waals surface area contributed by atoms with Crippen molar-refractivity contribution in [2.24, 2.45) is 0 Å². The highest BCUT2D eigenvalue weighted by Gasteiger charge is 2.37. The van der Waals surface area contributed by atoms with Gasteiger partial charge in [0.1, 0.15) is 0 Å². The summed E-state index contributed by atoms with van der Waals surface area (Å²) >= 11 is 0. The highest BCUT2D eigenvalue weighted by Crippen LogP contribution is 2.22. The second-order valence-corrected chi connectivity index (χ2v) is 9.88. The third-order valence-corrected chi connectivity index (χ3v) is 6.42. The number of likely N-dealkylation sites (tertiary alicyclic amines) is 2. The Balaban J connectivity index is 1.63. The predicted octanol–water partition coefficient (Wildman–Crippen LogP) is 1.03. The van der Waals surface area contributed by atoms with Crippen LogP contribution in [-0.2, 0) is 14.8 Å². The van der Waals surface area contributed by atoms with Crippen LogP contribution in [0.4, 0.5) is 4.79 Å². The number of ether oxygens (including phenoxy) is 1. The first kappa shape index (κ1) is 23.5. The minimum absolute atomic E-state index is 0.0232. The van der Waals surface area contributed by atoms with Crippen LogP contribution in [0.1, 0.15) is 36.5 Å². The Bertz CT molecular complexity index is 864. The number of nitrogens with one attached hydrogen (secondary N) is 2. The van der Waals surface area contributed by atoms with E-state index in [1.54, 1.807) is 21.9 Å². The summed E-state index contributed by atoms with van der Waals surface area (Å²) in [6.45, 7) is 4.18. The quantitative estimate of drug-likeness (QED) is 0.642. The van der Waals surface area contributed by atoms with Crippen LogP contribution in [0.5, 0.6) is 0 Å². The van der Waals surface area contributed by atoms with Crippen LogP contribution in [0, 0.1) is 0 Å². The molecule has 10 heteroatoms. The van der Waals surface area contributed by atoms with E-state index in [0.717, 1.165) is 6.26 Å². The smallest absolute Gasteiger partial charge is 0.317 e. The summed E-state index contributed by atoms with van der Waals surface area (Å²) in [5.41, 5.74) is 0.648. The van der Waals surface area contributed by atoms with Crippen LogP contribution in [0.3, 0.4) is 0 Å². The minimum Gasteiger partial charge on any atom is -0.374 e. The summed E-state index contributed by atoms with van der Waals surface area (Å²) in [5.74, 6) is -0.0232. The first-order valence-corrected chi connectivity index (χ1v) is 12.7. The van der Waals surface area contributed by atoms with Crippen molar-refractivity contribution in [3.05, 3.63) is 35.9 Å². The van der Waals surface area contributed by atoms with Crippen LogP contribution in [-0.4, -0.2) is 87.4 Å². The number of urea groups is 1. The van der Waals surface area contributed by atoms with Crippen LogP contribution < -0.4 is 10.0 Å². The van der Waals surface area contributed by atoms with Gasteiger partial charge in [-0.25, -0.2) is 17.9 Å². The second-order valence-electron chi connectivity index (χ2n) is 8.10. The average molecular weight is 453 g/mol. The lowest BCUT2D eigenvalue weighted by Crippen LogP contribution is -2.60. The summed E-state index contributed by atoms with van der Waals surface area (Å²) in [7, 11) is -3.42. The van der Waals surface area contributed by atoms with Crippen molar-refractivity contribution in [2.75, 3.05) is 39.0 Å². The van der Waals surface area contributed by atoms with E-state index < -0.39 is 22.1 Å². The van der Waals surface area contributed by atoms with Crippen molar-refractivity contribution in [1.82, 2.24) is 19.8 Å². The third kappa shape index (κ3) is 6.41. The molecule has 3 atom stereocenters. The molecule has 2 saturated heterocycles. The maximum atomic E-state index is 12.7. The van der Waals surface area contributed by atoms with Crippen molar-refractivity contribution in [1.29, 1.82) is 0 Å². The highest BCUT2D eigenvalue weighted by atomic mass is 32.2. The van der Waals surface area contributed by atoms with Gasteiger partial charge >= 0.3 is 6.03 Å². The van der Waals surface area contributed by atoms with Crippen molar-refractivity contribution in [3.8, 4) is 0 Å². The number of sulfonamides is 1. The SMILES string of the molecule is CCNC(=O)N1CCC[C@H](NS(C)(=O)=O)[C@@H]1CO[C@@H]1CCN(C(=O)c2ccccc2)C1. The fraction of sp³-hybridized carbons (Fsp3) is 0.619. The van der Waals surface area contributed by atoms with Gasteiger partial charge < -0.3 is 19.9 Å². The monoisotopic (exact) mass is 452 g/mol. The number of piperidine rings is 1. The number of amides is 3. The normalized spacial score (nSPS) is 24.3. The first-order valence-electron chi connectivity index (χ1n) is 10.8. The topological polar surface area (TPSA) is 108 Å². The molecule has 2 N–H and O–H groups in total. The molecule has 0 aliphatic carbocycles. The number of benzene rings is 1. The molecule has 3 amide bonds. The van der Waals surface area contributed by atoms with Crippen LogP contribution in [0.15, 0.2) is 30.3 Å². The van der Waals surface area contributed by atoms with E-state index in [-0.39, 0.29) is 24.6 Å². The van der Waals surface area contributed by atoms with E-state index >= 15 is 0 Å². The minimum atomic E-state index is -3.42. The number of carbonyl (C=O) groups is 2. The summed E-state index contributed by atoms with van der Waals surface area (Å²) in [4.78, 5) is 28.6. The number of rotatable bonds is 7. The first-order chi connectivity index (χ1) is 14.8. The average Bonchev–Trinajstić information content (AvgIpc) is 3.21. The van der Waals surface area contributed by atoms with Crippen LogP contribution in [0.2, 0.25) is 0 Å². The van der Waals surface area contributed by atoms with Gasteiger partial charge in [-0.1, -0.05) is 18.2 Å². The molecule has 2 fully saturated rings. The Labute approximate surface area is 184 Å². The fourth-order valence-corrected chi connectivity index (χ4v) is 5.05. The summed E-state index contributed by atoms with van der Waals surface area (Å²) < 4.78 is 32.5. The third-order valence-electron chi connectivity index (χ3n) is 5.69. The molecule has 0 spiro atoms. The molecule has 9 nitrogen and oxygen atoms in total. The largest absolute Gasteiger partial charge is 0.374 e. The lowest BCUT2D eigenvalue weighted by Gasteiger charge is -2.41. The van der Waals surface area contributed by atoms with E-state index in [1.165, 1.54) is 0 Å². The molecule has 1 aromatic rings. The lowest BCUT2D eigenvalue weighted by molar-refractivity contribution is 0.00423. The van der Waals surface area contributed by atoms with Gasteiger partial charge in [-0.2, -0.15) is 0 Å². The molecule has 2 aliphatic rings. The van der Waals surface area contributed by atoms with Crippen molar-refractivity contribution >= 4 is 22.0 Å². The molecule has 3 rings (SSSR count). The van der Waals surface area contributed by atoms with E-state index in [0.29, 0.717) is 51.0 Å². The predicted molar refractivity (Wildman–Crippen MR) is 117 cm³/mol. The van der Waals surface area contributed by atoms with Gasteiger partial charge in [-0.3, -0.25) is 4.79 Å². The van der Waals surface area contributed by atoms with Crippen molar-refractivity contribution < 1.29 is 22.7 Å². The zero-order chi connectivity index (χ0) is 22.4. The zero-order valence-electron chi connectivity index (χ0n) is 18.1. The standard InChI is InChI=1S/C21H32N4O5S/c1-3-22-21(27)25-12-7-10-18(23-31(2,28)29)19(25)15-30-17-11-13-24(14-17)20(26)16-8-5-4-6-9-16/h4-6,8-9,17-19,23H,3,7,10-15H2,1-2H3,(H,22,27)/t17-,18+,19+/m1/s1. The molecule has 0 aromatic heterocycles. The summed E-state index contributed by atoms with van der Waals surface area (Å²) in [6.07, 6.45) is 3.03. The lowest BCUT2D eigenvalue weighted by atomic mass is 9.98. The Morgan fingerprint density at radius 3 is 2.58 bits per heavy atom. The zero-order valence-corrected chi connectivity index (χ0v) is 18.9. The number of hydrogen-bond donors (Lipinski definition) is 2. The van der Waals surface area contributed by atoms with Gasteiger partial charge in [0.05, 0.1) is 25.0 Å². The molecule has 0 radical (unpaired) electrons. The van der Waals surface area contributed by atoms with Crippen molar-refractivity contribution in [2.45, 2.75) is 44.4 Å². The maximum Gasteiger partial charge on any atom is 0.317 e. The molecular formula is C21H32N4O5S. The molecule has 1 aromatic carbocycles. The molecule has 0 saturated carbocycles. The number of nitrogens with zero attached hydrogens (tertiary/aromatic N) is 2. The highest BCUT2D eigenvalue weighted by molar-refractivity contribution is 7.88. The van der Waals surface area contributed by atoms with Gasteiger partial charge in [0, 0.05) is 37.8 Å². The van der Waals surface area contributed by atoms with E-state index in [4.69, 9.17) is 4.74 Å². The fourth-order valence-electron chi connectivity index (χ4n) is 4.23. The summed E-state index contributed by atoms with van der Waals surface area (Å²) in [6, 6.07) is 8.11. The van der Waals surface area contributed by atoms with Gasteiger partial charge in [-0.05, 0) is 38.3 Å². The molecule has 172 valence electrons. The van der Waals surface area contributed by atoms with Gasteiger partial charge in [0.15, 0.2) is 0 Å². The van der Waals surface area contributed by atoms with E-state index in [1.807, 2.05) is 25.1 Å². The summed E-state index contributed by atoms with van der Waals surface area (Å²) in [5, 5.41) is 2.80. The van der Waals surface area contributed by atoms with Crippen LogP contribution >= 0.6 is 0 Å². The van der Waals surface area contributed by atoms with Crippen molar-refractivity contribution in [3.63, 3.8) is 0 Å². The molecule has 2 heterocycles. The molecule has 2 aliphatic heterocycles. The Morgan fingerprint density at radius 1 is 1.16 bits per heavy atom. The molecule has 0 unspecified atom stereocenters. The van der Waals surface area contributed by atoms with Gasteiger partial charge in [-0.15, -0.1) is 0 Å². The van der Waals surface area contributed by atoms with Gasteiger partial charge in [0.25, 0.3) is 5.91 Å².